The Morgan fingerprint density at radius 2 is 2.14 bits per heavy atom. The van der Waals surface area contributed by atoms with E-state index < -0.39 is 0 Å². The Morgan fingerprint density at radius 3 is 2.73 bits per heavy atom. The summed E-state index contributed by atoms with van der Waals surface area (Å²) < 4.78 is 5.33. The molecule has 1 unspecified atom stereocenters. The molecular formula is C17H28N4O. The molecule has 0 heterocycles. The van der Waals surface area contributed by atoms with E-state index in [4.69, 9.17) is 4.74 Å². The van der Waals surface area contributed by atoms with Crippen molar-refractivity contribution in [2.75, 3.05) is 41.3 Å². The lowest BCUT2D eigenvalue weighted by molar-refractivity contribution is 0.297. The molecule has 1 aliphatic carbocycles. The Hall–Kier alpha value is -1.75. The highest BCUT2D eigenvalue weighted by molar-refractivity contribution is 5.79. The molecule has 1 aromatic rings. The van der Waals surface area contributed by atoms with Gasteiger partial charge in [0.1, 0.15) is 5.75 Å². The van der Waals surface area contributed by atoms with Gasteiger partial charge in [-0.2, -0.15) is 0 Å². The first-order valence-corrected chi connectivity index (χ1v) is 7.89. The summed E-state index contributed by atoms with van der Waals surface area (Å²) in [5.74, 6) is 2.60. The third-order valence-corrected chi connectivity index (χ3v) is 4.04. The van der Waals surface area contributed by atoms with E-state index in [0.29, 0.717) is 0 Å². The first kappa shape index (κ1) is 16.6. The van der Waals surface area contributed by atoms with Gasteiger partial charge in [0.05, 0.1) is 13.2 Å². The van der Waals surface area contributed by atoms with Gasteiger partial charge in [0.2, 0.25) is 0 Å². The first-order chi connectivity index (χ1) is 10.6. The fourth-order valence-electron chi connectivity index (χ4n) is 2.42. The van der Waals surface area contributed by atoms with Crippen molar-refractivity contribution in [2.24, 2.45) is 10.9 Å². The smallest absolute Gasteiger partial charge is 0.191 e. The van der Waals surface area contributed by atoms with Gasteiger partial charge in [-0.05, 0) is 50.6 Å². The number of hydrogen-bond acceptors (Lipinski definition) is 3. The molecule has 1 aliphatic rings. The van der Waals surface area contributed by atoms with Crippen LogP contribution in [-0.4, -0.2) is 52.2 Å². The standard InChI is InChI=1S/C17H28N4O/c1-18-17(19-11-13-8-9-13)20-12-16(21(2)3)14-6-5-7-15(10-14)22-4/h5-7,10,13,16H,8-9,11-12H2,1-4H3,(H2,18,19,20). The van der Waals surface area contributed by atoms with Crippen LogP contribution in [0, 0.1) is 5.92 Å². The van der Waals surface area contributed by atoms with E-state index in [1.165, 1.54) is 18.4 Å². The molecule has 0 saturated heterocycles. The molecular weight excluding hydrogens is 276 g/mol. The maximum absolute atomic E-state index is 5.33. The quantitative estimate of drug-likeness (QED) is 0.596. The molecule has 0 radical (unpaired) electrons. The zero-order valence-electron chi connectivity index (χ0n) is 14.1. The van der Waals surface area contributed by atoms with E-state index in [1.54, 1.807) is 7.11 Å². The fraction of sp³-hybridized carbons (Fsp3) is 0.588. The van der Waals surface area contributed by atoms with Gasteiger partial charge in [0.25, 0.3) is 0 Å². The SMILES string of the molecule is CN=C(NCC1CC1)NCC(c1cccc(OC)c1)N(C)C. The monoisotopic (exact) mass is 304 g/mol. The van der Waals surface area contributed by atoms with Crippen LogP contribution < -0.4 is 15.4 Å². The number of guanidine groups is 1. The number of rotatable bonds is 7. The Kier molecular flexibility index (Phi) is 6.07. The summed E-state index contributed by atoms with van der Waals surface area (Å²) in [5, 5.41) is 6.82. The second-order valence-electron chi connectivity index (χ2n) is 6.03. The molecule has 1 atom stereocenters. The minimum atomic E-state index is 0.259. The lowest BCUT2D eigenvalue weighted by atomic mass is 10.1. The second kappa shape index (κ2) is 8.03. The number of benzene rings is 1. The Balaban J connectivity index is 1.95. The number of hydrogen-bond donors (Lipinski definition) is 2. The van der Waals surface area contributed by atoms with Gasteiger partial charge < -0.3 is 20.3 Å². The first-order valence-electron chi connectivity index (χ1n) is 7.89. The summed E-state index contributed by atoms with van der Waals surface area (Å²) in [6, 6.07) is 8.49. The van der Waals surface area contributed by atoms with Gasteiger partial charge in [-0.3, -0.25) is 4.99 Å². The third kappa shape index (κ3) is 4.91. The number of nitrogens with zero attached hydrogens (tertiary/aromatic N) is 2. The van der Waals surface area contributed by atoms with E-state index in [2.05, 4.69) is 46.8 Å². The third-order valence-electron chi connectivity index (χ3n) is 4.04. The summed E-state index contributed by atoms with van der Waals surface area (Å²) in [6.07, 6.45) is 2.68. The van der Waals surface area contributed by atoms with Gasteiger partial charge in [-0.25, -0.2) is 0 Å². The maximum atomic E-state index is 5.33. The normalized spacial score (nSPS) is 16.5. The van der Waals surface area contributed by atoms with Crippen LogP contribution in [0.2, 0.25) is 0 Å². The van der Waals surface area contributed by atoms with Gasteiger partial charge in [-0.1, -0.05) is 12.1 Å². The van der Waals surface area contributed by atoms with Crippen LogP contribution >= 0.6 is 0 Å². The van der Waals surface area contributed by atoms with Crippen LogP contribution in [0.4, 0.5) is 0 Å². The van der Waals surface area contributed by atoms with Gasteiger partial charge in [0.15, 0.2) is 5.96 Å². The summed E-state index contributed by atoms with van der Waals surface area (Å²) in [5.41, 5.74) is 1.23. The number of aliphatic imine (C=N–C) groups is 1. The summed E-state index contributed by atoms with van der Waals surface area (Å²) >= 11 is 0. The summed E-state index contributed by atoms with van der Waals surface area (Å²) in [4.78, 5) is 6.50. The number of ether oxygens (including phenoxy) is 1. The average molecular weight is 304 g/mol. The molecule has 1 fully saturated rings. The van der Waals surface area contributed by atoms with Crippen LogP contribution in [0.15, 0.2) is 29.3 Å². The largest absolute Gasteiger partial charge is 0.497 e. The fourth-order valence-corrected chi connectivity index (χ4v) is 2.42. The zero-order chi connectivity index (χ0) is 15.9. The van der Waals surface area contributed by atoms with Crippen molar-refractivity contribution in [3.05, 3.63) is 29.8 Å². The molecule has 2 N–H and O–H groups in total. The Bertz CT molecular complexity index is 497. The molecule has 5 nitrogen and oxygen atoms in total. The van der Waals surface area contributed by atoms with E-state index in [0.717, 1.165) is 30.7 Å². The predicted molar refractivity (Wildman–Crippen MR) is 91.5 cm³/mol. The predicted octanol–water partition coefficient (Wildman–Crippen LogP) is 1.87. The van der Waals surface area contributed by atoms with Crippen LogP contribution in [0.25, 0.3) is 0 Å². The van der Waals surface area contributed by atoms with Gasteiger partial charge in [0, 0.05) is 20.1 Å². The molecule has 22 heavy (non-hydrogen) atoms. The van der Waals surface area contributed by atoms with Crippen molar-refractivity contribution in [3.8, 4) is 5.75 Å². The highest BCUT2D eigenvalue weighted by Crippen LogP contribution is 2.27. The lowest BCUT2D eigenvalue weighted by Crippen LogP contribution is -2.42. The van der Waals surface area contributed by atoms with Crippen molar-refractivity contribution in [1.82, 2.24) is 15.5 Å². The maximum Gasteiger partial charge on any atom is 0.191 e. The van der Waals surface area contributed by atoms with Crippen molar-refractivity contribution in [1.29, 1.82) is 0 Å². The van der Waals surface area contributed by atoms with E-state index in [1.807, 2.05) is 19.2 Å². The van der Waals surface area contributed by atoms with Crippen LogP contribution in [0.1, 0.15) is 24.4 Å². The Morgan fingerprint density at radius 1 is 1.36 bits per heavy atom. The second-order valence-corrected chi connectivity index (χ2v) is 6.03. The highest BCUT2D eigenvalue weighted by Gasteiger charge is 2.21. The van der Waals surface area contributed by atoms with E-state index in [-0.39, 0.29) is 6.04 Å². The van der Waals surface area contributed by atoms with Crippen LogP contribution in [-0.2, 0) is 0 Å². The van der Waals surface area contributed by atoms with Gasteiger partial charge >= 0.3 is 0 Å². The van der Waals surface area contributed by atoms with E-state index in [9.17, 15) is 0 Å². The summed E-state index contributed by atoms with van der Waals surface area (Å²) in [7, 11) is 7.70. The molecule has 5 heteroatoms. The number of methoxy groups -OCH3 is 1. The van der Waals surface area contributed by atoms with Crippen LogP contribution in [0.3, 0.4) is 0 Å². The molecule has 1 saturated carbocycles. The number of nitrogens with one attached hydrogen (secondary N) is 2. The molecule has 122 valence electrons. The molecule has 0 aliphatic heterocycles. The van der Waals surface area contributed by atoms with Crippen molar-refractivity contribution in [2.45, 2.75) is 18.9 Å². The molecule has 1 aromatic carbocycles. The van der Waals surface area contributed by atoms with Crippen molar-refractivity contribution < 1.29 is 4.74 Å². The molecule has 0 amide bonds. The molecule has 0 aromatic heterocycles. The molecule has 0 bridgehead atoms. The minimum Gasteiger partial charge on any atom is -0.497 e. The highest BCUT2D eigenvalue weighted by atomic mass is 16.5. The average Bonchev–Trinajstić information content (AvgIpc) is 3.34. The lowest BCUT2D eigenvalue weighted by Gasteiger charge is -2.26. The number of likely N-dealkylation sites (N-methyl/N-ethyl adjacent to an activating group) is 1. The van der Waals surface area contributed by atoms with E-state index >= 15 is 0 Å². The molecule has 0 spiro atoms. The summed E-state index contributed by atoms with van der Waals surface area (Å²) in [6.45, 7) is 1.82. The topological polar surface area (TPSA) is 48.9 Å². The Labute approximate surface area is 133 Å². The van der Waals surface area contributed by atoms with Crippen molar-refractivity contribution >= 4 is 5.96 Å². The molecule has 2 rings (SSSR count). The van der Waals surface area contributed by atoms with Gasteiger partial charge in [-0.15, -0.1) is 0 Å². The zero-order valence-corrected chi connectivity index (χ0v) is 14.1. The minimum absolute atomic E-state index is 0.259. The van der Waals surface area contributed by atoms with Crippen LogP contribution in [0.5, 0.6) is 5.75 Å². The van der Waals surface area contributed by atoms with Crippen molar-refractivity contribution in [3.63, 3.8) is 0 Å².